The predicted molar refractivity (Wildman–Crippen MR) is 201 cm³/mol. The minimum atomic E-state index is -0.929. The van der Waals surface area contributed by atoms with Crippen molar-refractivity contribution in [1.29, 1.82) is 0 Å². The van der Waals surface area contributed by atoms with Crippen molar-refractivity contribution >= 4 is 46.4 Å². The summed E-state index contributed by atoms with van der Waals surface area (Å²) in [7, 11) is 3.08. The van der Waals surface area contributed by atoms with E-state index in [1.54, 1.807) is 50.6 Å². The largest absolute Gasteiger partial charge is 0.460 e. The van der Waals surface area contributed by atoms with Gasteiger partial charge in [-0.25, -0.2) is 4.79 Å². The van der Waals surface area contributed by atoms with Gasteiger partial charge in [0.25, 0.3) is 0 Å². The molecule has 2 N–H and O–H groups in total. The molecule has 3 aliphatic rings. The number of aliphatic hydroxyl groups excluding tert-OH is 1. The van der Waals surface area contributed by atoms with Crippen molar-refractivity contribution in [2.75, 3.05) is 26.4 Å². The lowest BCUT2D eigenvalue weighted by molar-refractivity contribution is -0.166. The minimum absolute atomic E-state index is 0.0168. The van der Waals surface area contributed by atoms with Crippen LogP contribution < -0.4 is 5.32 Å². The maximum absolute atomic E-state index is 14.3. The second-order valence-electron chi connectivity index (χ2n) is 16.2. The molecule has 3 rings (SSSR count). The smallest absolute Gasteiger partial charge is 0.329 e. The second kappa shape index (κ2) is 17.7. The van der Waals surface area contributed by atoms with E-state index < -0.39 is 65.5 Å². The molecule has 0 aromatic heterocycles. The lowest BCUT2D eigenvalue weighted by Gasteiger charge is -2.39. The number of carbonyl (C=O) groups excluding carboxylic acids is 5. The van der Waals surface area contributed by atoms with Crippen LogP contribution in [-0.2, 0) is 28.7 Å². The van der Waals surface area contributed by atoms with Crippen molar-refractivity contribution in [3.05, 3.63) is 11.6 Å². The van der Waals surface area contributed by atoms with Crippen LogP contribution in [0.1, 0.15) is 101 Å². The fourth-order valence-electron chi connectivity index (χ4n) is 7.07. The average molecular weight is 734 g/mol. The van der Waals surface area contributed by atoms with Crippen LogP contribution in [0.2, 0.25) is 0 Å². The van der Waals surface area contributed by atoms with Crippen LogP contribution in [0.25, 0.3) is 0 Å². The van der Waals surface area contributed by atoms with Crippen molar-refractivity contribution in [2.45, 2.75) is 144 Å². The number of nitrogens with zero attached hydrogens (tertiary/aromatic N) is 4. The Labute approximate surface area is 309 Å². The van der Waals surface area contributed by atoms with Gasteiger partial charge in [0.05, 0.1) is 17.2 Å². The van der Waals surface area contributed by atoms with Gasteiger partial charge in [-0.3, -0.25) is 24.2 Å². The highest BCUT2D eigenvalue weighted by atomic mass is 32.2. The van der Waals surface area contributed by atoms with Gasteiger partial charge in [0.15, 0.2) is 0 Å². The zero-order valence-corrected chi connectivity index (χ0v) is 33.7. The summed E-state index contributed by atoms with van der Waals surface area (Å²) in [5.74, 6) is -1.85. The summed E-state index contributed by atoms with van der Waals surface area (Å²) in [5, 5.41) is 14.9. The van der Waals surface area contributed by atoms with Gasteiger partial charge in [0.1, 0.15) is 30.3 Å². The zero-order valence-electron chi connectivity index (χ0n) is 32.9. The van der Waals surface area contributed by atoms with Crippen LogP contribution >= 0.6 is 11.8 Å². The molecule has 0 unspecified atom stereocenters. The molecule has 0 aliphatic carbocycles. The maximum Gasteiger partial charge on any atom is 0.329 e. The standard InChI is InChI=1S/C38H63N5O7S/c1-13-22(3)31-36(48)43-16-14-15-28(43)37(49)50-30(38(8,9)10)18-21(2)17-29(44)24(5)33-40-27(20-51-33)19-23(4)32(45)39-25(6)34(46)41(11)26(7)35(47)42(31)12/h19,21-22,24-31,44H,13-18,20H2,1-12H3,(H,39,45)/b23-19+/t21-,22-,24-,25-,26-,27-,28-,29-,30-,31-/m0/s1. The number of hydrogen-bond acceptors (Lipinski definition) is 9. The van der Waals surface area contributed by atoms with Gasteiger partial charge >= 0.3 is 5.97 Å². The first-order chi connectivity index (χ1) is 23.7. The molecule has 12 nitrogen and oxygen atoms in total. The first-order valence-corrected chi connectivity index (χ1v) is 19.6. The summed E-state index contributed by atoms with van der Waals surface area (Å²) in [6.45, 7) is 19.2. The molecule has 0 aromatic carbocycles. The van der Waals surface area contributed by atoms with E-state index in [-0.39, 0.29) is 29.7 Å². The van der Waals surface area contributed by atoms with Crippen LogP contribution in [-0.4, -0.2) is 123 Å². The van der Waals surface area contributed by atoms with Crippen LogP contribution in [0.15, 0.2) is 16.6 Å². The SMILES string of the molecule is CC[C@H](C)[C@H]1C(=O)N2CCC[C@H]2C(=O)O[C@H](C(C)(C)C)C[C@@H](C)C[C@H](O)[C@H](C)C2=N[C@@H](/C=C(\C)C(=O)N[C@@H](C)C(=O)N(C)[C@@H](C)C(=O)N1C)CS2. The number of likely N-dealkylation sites (N-methyl/N-ethyl adjacent to an activating group) is 2. The second-order valence-corrected chi connectivity index (χ2v) is 17.2. The number of thioether (sulfide) groups is 1. The Morgan fingerprint density at radius 2 is 1.67 bits per heavy atom. The van der Waals surface area contributed by atoms with Crippen LogP contribution in [0.3, 0.4) is 0 Å². The molecule has 288 valence electrons. The molecule has 3 aliphatic heterocycles. The molecule has 0 aromatic rings. The van der Waals surface area contributed by atoms with E-state index in [1.165, 1.54) is 16.8 Å². The molecule has 0 spiro atoms. The van der Waals surface area contributed by atoms with Crippen molar-refractivity contribution < 1.29 is 33.8 Å². The molecule has 4 amide bonds. The molecular formula is C38H63N5O7S. The third-order valence-corrected chi connectivity index (χ3v) is 12.2. The van der Waals surface area contributed by atoms with Gasteiger partial charge in [-0.05, 0) is 63.7 Å². The highest BCUT2D eigenvalue weighted by Gasteiger charge is 2.44. The molecule has 1 fully saturated rings. The van der Waals surface area contributed by atoms with Crippen molar-refractivity contribution in [3.8, 4) is 0 Å². The van der Waals surface area contributed by atoms with Gasteiger partial charge < -0.3 is 29.9 Å². The molecule has 0 saturated carbocycles. The van der Waals surface area contributed by atoms with Gasteiger partial charge in [-0.1, -0.05) is 61.0 Å². The van der Waals surface area contributed by atoms with E-state index in [0.29, 0.717) is 50.0 Å². The Kier molecular flexibility index (Phi) is 14.8. The number of hydrogen-bond donors (Lipinski definition) is 2. The molecule has 3 heterocycles. The first kappa shape index (κ1) is 42.5. The monoisotopic (exact) mass is 733 g/mol. The number of fused-ring (bicyclic) bond motifs is 2. The predicted octanol–water partition coefficient (Wildman–Crippen LogP) is 4.05. The highest BCUT2D eigenvalue weighted by molar-refractivity contribution is 8.14. The van der Waals surface area contributed by atoms with Crippen molar-refractivity contribution in [2.24, 2.45) is 28.2 Å². The fraction of sp³-hybridized carbons (Fsp3) is 0.789. The molecule has 51 heavy (non-hydrogen) atoms. The van der Waals surface area contributed by atoms with Gasteiger partial charge in [-0.15, -0.1) is 11.8 Å². The van der Waals surface area contributed by atoms with Crippen LogP contribution in [0.5, 0.6) is 0 Å². The lowest BCUT2D eigenvalue weighted by atomic mass is 9.81. The summed E-state index contributed by atoms with van der Waals surface area (Å²) in [4.78, 5) is 77.9. The molecule has 10 atom stereocenters. The number of carbonyl (C=O) groups is 5. The normalized spacial score (nSPS) is 34.9. The third kappa shape index (κ3) is 10.4. The van der Waals surface area contributed by atoms with Crippen molar-refractivity contribution in [3.63, 3.8) is 0 Å². The summed E-state index contributed by atoms with van der Waals surface area (Å²) in [6.07, 6.45) is 3.37. The molecular weight excluding hydrogens is 671 g/mol. The number of rotatable bonds is 2. The number of ether oxygens (including phenoxy) is 1. The Balaban J connectivity index is 2.01. The summed E-state index contributed by atoms with van der Waals surface area (Å²) < 4.78 is 6.24. The topological polar surface area (TPSA) is 149 Å². The molecule has 13 heteroatoms. The highest BCUT2D eigenvalue weighted by Crippen LogP contribution is 2.34. The number of nitrogens with one attached hydrogen (secondary N) is 1. The number of aliphatic hydroxyl groups is 1. The summed E-state index contributed by atoms with van der Waals surface area (Å²) >= 11 is 1.56. The first-order valence-electron chi connectivity index (χ1n) is 18.6. The van der Waals surface area contributed by atoms with Crippen LogP contribution in [0.4, 0.5) is 0 Å². The third-order valence-electron chi connectivity index (χ3n) is 11.0. The Bertz CT molecular complexity index is 1360. The number of cyclic esters (lactones) is 1. The summed E-state index contributed by atoms with van der Waals surface area (Å²) in [5.41, 5.74) is 0.0254. The lowest BCUT2D eigenvalue weighted by Crippen LogP contribution is -2.59. The molecule has 1 saturated heterocycles. The zero-order chi connectivity index (χ0) is 38.5. The van der Waals surface area contributed by atoms with E-state index >= 15 is 0 Å². The fourth-order valence-corrected chi connectivity index (χ4v) is 8.21. The van der Waals surface area contributed by atoms with Gasteiger partial charge in [0.2, 0.25) is 23.6 Å². The van der Waals surface area contributed by atoms with Crippen molar-refractivity contribution in [1.82, 2.24) is 20.0 Å². The van der Waals surface area contributed by atoms with Gasteiger partial charge in [-0.2, -0.15) is 0 Å². The number of aliphatic imine (C=N–C) groups is 1. The van der Waals surface area contributed by atoms with E-state index in [1.807, 2.05) is 48.5 Å². The van der Waals surface area contributed by atoms with E-state index in [4.69, 9.17) is 9.73 Å². The van der Waals surface area contributed by atoms with E-state index in [2.05, 4.69) is 5.32 Å². The Morgan fingerprint density at radius 1 is 1.02 bits per heavy atom. The number of esters is 1. The van der Waals surface area contributed by atoms with Crippen LogP contribution in [0, 0.1) is 23.2 Å². The number of amides is 4. The van der Waals surface area contributed by atoms with E-state index in [0.717, 1.165) is 5.04 Å². The maximum atomic E-state index is 14.3. The molecule has 0 radical (unpaired) electrons. The minimum Gasteiger partial charge on any atom is -0.460 e. The van der Waals surface area contributed by atoms with Gasteiger partial charge in [0, 0.05) is 37.9 Å². The summed E-state index contributed by atoms with van der Waals surface area (Å²) in [6, 6.07) is -3.74. The molecule has 2 bridgehead atoms. The average Bonchev–Trinajstić information content (AvgIpc) is 3.75. The Morgan fingerprint density at radius 3 is 2.27 bits per heavy atom. The van der Waals surface area contributed by atoms with E-state index in [9.17, 15) is 29.1 Å². The quantitative estimate of drug-likeness (QED) is 0.404. The Hall–Kier alpha value is -2.93.